The Balaban J connectivity index is 1.68. The van der Waals surface area contributed by atoms with E-state index >= 15 is 0 Å². The first-order valence-electron chi connectivity index (χ1n) is 6.96. The molecule has 2 aromatic rings. The number of hydrogen-bond donors (Lipinski definition) is 2. The monoisotopic (exact) mass is 319 g/mol. The maximum Gasteiger partial charge on any atom is 0.315 e. The summed E-state index contributed by atoms with van der Waals surface area (Å²) in [5.74, 6) is 0.717. The van der Waals surface area contributed by atoms with Crippen molar-refractivity contribution in [2.75, 3.05) is 6.54 Å². The number of aromatic nitrogens is 1. The Morgan fingerprint density at radius 3 is 2.73 bits per heavy atom. The van der Waals surface area contributed by atoms with Crippen LogP contribution in [-0.2, 0) is 6.54 Å². The van der Waals surface area contributed by atoms with Crippen molar-refractivity contribution < 1.29 is 9.53 Å². The molecule has 1 heterocycles. The number of carbonyl (C=O) groups is 1. The van der Waals surface area contributed by atoms with Crippen molar-refractivity contribution in [3.05, 3.63) is 59.4 Å². The van der Waals surface area contributed by atoms with Crippen molar-refractivity contribution in [3.8, 4) is 5.75 Å². The summed E-state index contributed by atoms with van der Waals surface area (Å²) in [5.41, 5.74) is 0.947. The van der Waals surface area contributed by atoms with Crippen LogP contribution in [0.1, 0.15) is 12.5 Å². The number of rotatable bonds is 6. The van der Waals surface area contributed by atoms with E-state index in [2.05, 4.69) is 15.6 Å². The highest BCUT2D eigenvalue weighted by atomic mass is 35.5. The van der Waals surface area contributed by atoms with Gasteiger partial charge in [0.15, 0.2) is 0 Å². The summed E-state index contributed by atoms with van der Waals surface area (Å²) in [6, 6.07) is 10.6. The normalized spacial score (nSPS) is 11.5. The molecule has 0 aliphatic rings. The molecule has 22 heavy (non-hydrogen) atoms. The van der Waals surface area contributed by atoms with Gasteiger partial charge in [-0.3, -0.25) is 4.98 Å². The van der Waals surface area contributed by atoms with E-state index in [0.29, 0.717) is 18.1 Å². The van der Waals surface area contributed by atoms with Gasteiger partial charge in [0, 0.05) is 24.0 Å². The average Bonchev–Trinajstić information content (AvgIpc) is 2.54. The second-order valence-corrected chi connectivity index (χ2v) is 5.24. The molecule has 6 heteroatoms. The first kappa shape index (κ1) is 16.1. The fourth-order valence-corrected chi connectivity index (χ4v) is 1.90. The lowest BCUT2D eigenvalue weighted by Crippen LogP contribution is -2.40. The molecule has 0 aliphatic heterocycles. The molecular formula is C16H18ClN3O2. The number of benzene rings is 1. The molecule has 2 rings (SSSR count). The summed E-state index contributed by atoms with van der Waals surface area (Å²) in [4.78, 5) is 15.7. The molecule has 5 nitrogen and oxygen atoms in total. The molecule has 1 aromatic heterocycles. The van der Waals surface area contributed by atoms with E-state index in [4.69, 9.17) is 16.3 Å². The minimum Gasteiger partial charge on any atom is -0.489 e. The van der Waals surface area contributed by atoms with E-state index in [1.165, 1.54) is 0 Å². The molecule has 1 unspecified atom stereocenters. The number of hydrogen-bond acceptors (Lipinski definition) is 3. The van der Waals surface area contributed by atoms with Crippen LogP contribution in [-0.4, -0.2) is 23.7 Å². The van der Waals surface area contributed by atoms with Gasteiger partial charge >= 0.3 is 6.03 Å². The summed E-state index contributed by atoms with van der Waals surface area (Å²) in [5, 5.41) is 6.19. The van der Waals surface area contributed by atoms with E-state index in [1.54, 1.807) is 36.7 Å². The van der Waals surface area contributed by atoms with Gasteiger partial charge < -0.3 is 15.4 Å². The van der Waals surface area contributed by atoms with Gasteiger partial charge in [-0.2, -0.15) is 0 Å². The maximum absolute atomic E-state index is 11.7. The van der Waals surface area contributed by atoms with Crippen molar-refractivity contribution >= 4 is 17.6 Å². The predicted molar refractivity (Wildman–Crippen MR) is 86.0 cm³/mol. The van der Waals surface area contributed by atoms with Crippen molar-refractivity contribution in [2.24, 2.45) is 0 Å². The van der Waals surface area contributed by atoms with Gasteiger partial charge in [0.25, 0.3) is 0 Å². The number of nitrogens with one attached hydrogen (secondary N) is 2. The lowest BCUT2D eigenvalue weighted by Gasteiger charge is -2.16. The summed E-state index contributed by atoms with van der Waals surface area (Å²) >= 11 is 5.81. The highest BCUT2D eigenvalue weighted by Gasteiger charge is 2.07. The van der Waals surface area contributed by atoms with Crippen molar-refractivity contribution in [1.29, 1.82) is 0 Å². The highest BCUT2D eigenvalue weighted by molar-refractivity contribution is 6.30. The number of nitrogens with zero attached hydrogens (tertiary/aromatic N) is 1. The Morgan fingerprint density at radius 2 is 2.05 bits per heavy atom. The van der Waals surface area contributed by atoms with E-state index in [0.717, 1.165) is 11.3 Å². The van der Waals surface area contributed by atoms with Crippen molar-refractivity contribution in [1.82, 2.24) is 15.6 Å². The van der Waals surface area contributed by atoms with Crippen LogP contribution in [0.15, 0.2) is 48.8 Å². The third-order valence-corrected chi connectivity index (χ3v) is 3.13. The SMILES string of the molecule is CC(CNC(=O)NCc1cccnc1)Oc1ccc(Cl)cc1. The van der Waals surface area contributed by atoms with Crippen LogP contribution in [0.25, 0.3) is 0 Å². The summed E-state index contributed by atoms with van der Waals surface area (Å²) < 4.78 is 5.67. The molecule has 0 aliphatic carbocycles. The molecular weight excluding hydrogens is 302 g/mol. The summed E-state index contributed by atoms with van der Waals surface area (Å²) in [6.07, 6.45) is 3.26. The Labute approximate surface area is 134 Å². The Kier molecular flexibility index (Phi) is 6.03. The minimum atomic E-state index is -0.240. The van der Waals surface area contributed by atoms with E-state index < -0.39 is 0 Å². The fourth-order valence-electron chi connectivity index (χ4n) is 1.77. The molecule has 0 spiro atoms. The zero-order chi connectivity index (χ0) is 15.8. The maximum atomic E-state index is 11.7. The second kappa shape index (κ2) is 8.24. The molecule has 1 aromatic carbocycles. The molecule has 1 atom stereocenters. The molecule has 0 radical (unpaired) electrons. The van der Waals surface area contributed by atoms with Gasteiger partial charge in [0.05, 0.1) is 6.54 Å². The van der Waals surface area contributed by atoms with Gasteiger partial charge in [-0.15, -0.1) is 0 Å². The second-order valence-electron chi connectivity index (χ2n) is 4.81. The number of halogens is 1. The van der Waals surface area contributed by atoms with Gasteiger partial charge in [-0.1, -0.05) is 17.7 Å². The molecule has 0 bridgehead atoms. The number of carbonyl (C=O) groups excluding carboxylic acids is 1. The molecule has 2 amide bonds. The molecule has 0 fully saturated rings. The Bertz CT molecular complexity index is 590. The quantitative estimate of drug-likeness (QED) is 0.860. The number of amides is 2. The topological polar surface area (TPSA) is 63.2 Å². The molecule has 116 valence electrons. The van der Waals surface area contributed by atoms with E-state index in [1.807, 2.05) is 19.1 Å². The first-order valence-corrected chi connectivity index (χ1v) is 7.34. The van der Waals surface area contributed by atoms with Gasteiger partial charge in [-0.25, -0.2) is 4.79 Å². The summed E-state index contributed by atoms with van der Waals surface area (Å²) in [6.45, 7) is 2.73. The summed E-state index contributed by atoms with van der Waals surface area (Å²) in [7, 11) is 0. The lowest BCUT2D eigenvalue weighted by atomic mass is 10.3. The largest absolute Gasteiger partial charge is 0.489 e. The van der Waals surface area contributed by atoms with Crippen LogP contribution in [0, 0.1) is 0 Å². The Hall–Kier alpha value is -2.27. The number of ether oxygens (including phenoxy) is 1. The van der Waals surface area contributed by atoms with Crippen molar-refractivity contribution in [3.63, 3.8) is 0 Å². The van der Waals surface area contributed by atoms with E-state index in [-0.39, 0.29) is 12.1 Å². The third-order valence-electron chi connectivity index (χ3n) is 2.88. The fraction of sp³-hybridized carbons (Fsp3) is 0.250. The van der Waals surface area contributed by atoms with Crippen LogP contribution in [0.2, 0.25) is 5.02 Å². The zero-order valence-electron chi connectivity index (χ0n) is 12.3. The van der Waals surface area contributed by atoms with Crippen LogP contribution in [0.4, 0.5) is 4.79 Å². The average molecular weight is 320 g/mol. The van der Waals surface area contributed by atoms with Crippen LogP contribution in [0.3, 0.4) is 0 Å². The van der Waals surface area contributed by atoms with Gasteiger partial charge in [-0.05, 0) is 42.8 Å². The third kappa shape index (κ3) is 5.61. The minimum absolute atomic E-state index is 0.148. The standard InChI is InChI=1S/C16H18ClN3O2/c1-12(22-15-6-4-14(17)5-7-15)9-19-16(21)20-11-13-3-2-8-18-10-13/h2-8,10,12H,9,11H2,1H3,(H2,19,20,21). The van der Waals surface area contributed by atoms with Crippen molar-refractivity contribution in [2.45, 2.75) is 19.6 Å². The molecule has 0 saturated heterocycles. The predicted octanol–water partition coefficient (Wildman–Crippen LogP) is 3.00. The lowest BCUT2D eigenvalue weighted by molar-refractivity contribution is 0.207. The van der Waals surface area contributed by atoms with Gasteiger partial charge in [0.1, 0.15) is 11.9 Å². The van der Waals surface area contributed by atoms with Crippen LogP contribution < -0.4 is 15.4 Å². The van der Waals surface area contributed by atoms with E-state index in [9.17, 15) is 4.79 Å². The smallest absolute Gasteiger partial charge is 0.315 e. The molecule has 2 N–H and O–H groups in total. The van der Waals surface area contributed by atoms with Gasteiger partial charge in [0.2, 0.25) is 0 Å². The number of pyridine rings is 1. The highest BCUT2D eigenvalue weighted by Crippen LogP contribution is 2.16. The Morgan fingerprint density at radius 1 is 1.27 bits per heavy atom. The molecule has 0 saturated carbocycles. The number of urea groups is 1. The van der Waals surface area contributed by atoms with Crippen LogP contribution in [0.5, 0.6) is 5.75 Å². The first-order chi connectivity index (χ1) is 10.6. The van der Waals surface area contributed by atoms with Crippen LogP contribution >= 0.6 is 11.6 Å². The zero-order valence-corrected chi connectivity index (χ0v) is 13.0.